The molecule has 0 bridgehead atoms. The van der Waals surface area contributed by atoms with Crippen LogP contribution in [0.2, 0.25) is 0 Å². The molecule has 0 saturated heterocycles. The van der Waals surface area contributed by atoms with Gasteiger partial charge in [0, 0.05) is 29.8 Å². The Hall–Kier alpha value is -1.84. The van der Waals surface area contributed by atoms with Gasteiger partial charge in [-0.15, -0.1) is 0 Å². The van der Waals surface area contributed by atoms with Crippen LogP contribution in [0.4, 0.5) is 4.39 Å². The molecule has 0 saturated carbocycles. The molecule has 0 fully saturated rings. The summed E-state index contributed by atoms with van der Waals surface area (Å²) < 4.78 is 16.7. The van der Waals surface area contributed by atoms with Gasteiger partial charge in [-0.05, 0) is 36.5 Å². The SMILES string of the molecule is CC1(C)C=CC=C(F)C1C1CCn2c(CCC(=O)O)ccc21. The average molecular weight is 303 g/mol. The van der Waals surface area contributed by atoms with Gasteiger partial charge in [0.1, 0.15) is 5.83 Å². The second-order valence-electron chi connectivity index (χ2n) is 6.90. The summed E-state index contributed by atoms with van der Waals surface area (Å²) in [6.07, 6.45) is 7.05. The average Bonchev–Trinajstić information content (AvgIpc) is 2.98. The zero-order valence-corrected chi connectivity index (χ0v) is 13.1. The maximum absolute atomic E-state index is 14.5. The Labute approximate surface area is 130 Å². The molecular weight excluding hydrogens is 281 g/mol. The fourth-order valence-electron chi connectivity index (χ4n) is 3.99. The van der Waals surface area contributed by atoms with Crippen LogP contribution >= 0.6 is 0 Å². The quantitative estimate of drug-likeness (QED) is 0.911. The molecular formula is C18H22FNO2. The Morgan fingerprint density at radius 2 is 2.23 bits per heavy atom. The van der Waals surface area contributed by atoms with Gasteiger partial charge in [-0.3, -0.25) is 4.79 Å². The van der Waals surface area contributed by atoms with E-state index in [9.17, 15) is 9.18 Å². The molecule has 1 aromatic rings. The molecule has 3 nitrogen and oxygen atoms in total. The normalized spacial score (nSPS) is 25.9. The van der Waals surface area contributed by atoms with E-state index in [1.165, 1.54) is 0 Å². The number of aryl methyl sites for hydroxylation is 1. The first-order valence-corrected chi connectivity index (χ1v) is 7.85. The van der Waals surface area contributed by atoms with Crippen molar-refractivity contribution in [3.05, 3.63) is 47.6 Å². The van der Waals surface area contributed by atoms with E-state index in [0.29, 0.717) is 6.42 Å². The number of fused-ring (bicyclic) bond motifs is 1. The third-order valence-corrected chi connectivity index (χ3v) is 5.03. The Morgan fingerprint density at radius 1 is 1.45 bits per heavy atom. The fourth-order valence-corrected chi connectivity index (χ4v) is 3.99. The number of carbonyl (C=O) groups is 1. The Kier molecular flexibility index (Phi) is 3.71. The molecule has 1 aromatic heterocycles. The first-order valence-electron chi connectivity index (χ1n) is 7.85. The smallest absolute Gasteiger partial charge is 0.303 e. The fraction of sp³-hybridized carbons (Fsp3) is 0.500. The molecule has 2 atom stereocenters. The maximum atomic E-state index is 14.5. The molecule has 2 unspecified atom stereocenters. The highest BCUT2D eigenvalue weighted by atomic mass is 19.1. The molecule has 2 aliphatic rings. The summed E-state index contributed by atoms with van der Waals surface area (Å²) >= 11 is 0. The minimum atomic E-state index is -0.780. The van der Waals surface area contributed by atoms with Crippen LogP contribution in [0.25, 0.3) is 0 Å². The van der Waals surface area contributed by atoms with Crippen LogP contribution in [0, 0.1) is 11.3 Å². The summed E-state index contributed by atoms with van der Waals surface area (Å²) in [5.41, 5.74) is 2.00. The molecule has 1 N–H and O–H groups in total. The van der Waals surface area contributed by atoms with Crippen molar-refractivity contribution in [2.24, 2.45) is 11.3 Å². The number of nitrogens with zero attached hydrogens (tertiary/aromatic N) is 1. The first-order chi connectivity index (χ1) is 10.4. The van der Waals surface area contributed by atoms with Crippen molar-refractivity contribution in [2.45, 2.75) is 45.6 Å². The van der Waals surface area contributed by atoms with Crippen LogP contribution in [0.3, 0.4) is 0 Å². The van der Waals surface area contributed by atoms with Gasteiger partial charge in [0.05, 0.1) is 6.42 Å². The van der Waals surface area contributed by atoms with Gasteiger partial charge in [-0.2, -0.15) is 0 Å². The monoisotopic (exact) mass is 303 g/mol. The summed E-state index contributed by atoms with van der Waals surface area (Å²) in [6, 6.07) is 4.05. The van der Waals surface area contributed by atoms with E-state index < -0.39 is 5.97 Å². The van der Waals surface area contributed by atoms with Crippen LogP contribution in [0.1, 0.15) is 44.0 Å². The molecule has 4 heteroatoms. The van der Waals surface area contributed by atoms with Gasteiger partial charge in [-0.1, -0.05) is 26.0 Å². The molecule has 0 amide bonds. The lowest BCUT2D eigenvalue weighted by atomic mass is 9.68. The minimum Gasteiger partial charge on any atom is -0.481 e. The van der Waals surface area contributed by atoms with Crippen molar-refractivity contribution in [2.75, 3.05) is 0 Å². The zero-order valence-electron chi connectivity index (χ0n) is 13.1. The molecule has 22 heavy (non-hydrogen) atoms. The van der Waals surface area contributed by atoms with Crippen LogP contribution in [-0.4, -0.2) is 15.6 Å². The topological polar surface area (TPSA) is 42.2 Å². The predicted molar refractivity (Wildman–Crippen MR) is 83.3 cm³/mol. The van der Waals surface area contributed by atoms with E-state index in [0.717, 1.165) is 24.4 Å². The minimum absolute atomic E-state index is 0.0424. The third-order valence-electron chi connectivity index (χ3n) is 5.03. The Balaban J connectivity index is 1.87. The van der Waals surface area contributed by atoms with Crippen molar-refractivity contribution in [1.29, 1.82) is 0 Å². The highest BCUT2D eigenvalue weighted by Gasteiger charge is 2.42. The second kappa shape index (κ2) is 5.41. The molecule has 0 aromatic carbocycles. The van der Waals surface area contributed by atoms with E-state index in [1.54, 1.807) is 12.2 Å². The van der Waals surface area contributed by atoms with Gasteiger partial charge < -0.3 is 9.67 Å². The lowest BCUT2D eigenvalue weighted by Crippen LogP contribution is -2.29. The molecule has 0 radical (unpaired) electrons. The van der Waals surface area contributed by atoms with Gasteiger partial charge in [-0.25, -0.2) is 4.39 Å². The van der Waals surface area contributed by atoms with Crippen LogP contribution in [0.15, 0.2) is 36.2 Å². The van der Waals surface area contributed by atoms with Crippen LogP contribution < -0.4 is 0 Å². The van der Waals surface area contributed by atoms with Crippen LogP contribution in [0.5, 0.6) is 0 Å². The summed E-state index contributed by atoms with van der Waals surface area (Å²) in [5.74, 6) is -0.799. The molecule has 1 aliphatic carbocycles. The van der Waals surface area contributed by atoms with Crippen molar-refractivity contribution in [3.8, 4) is 0 Å². The number of hydrogen-bond acceptors (Lipinski definition) is 1. The number of halogens is 1. The van der Waals surface area contributed by atoms with Crippen LogP contribution in [-0.2, 0) is 17.8 Å². The summed E-state index contributed by atoms with van der Waals surface area (Å²) in [7, 11) is 0. The number of rotatable bonds is 4. The molecule has 118 valence electrons. The summed E-state index contributed by atoms with van der Waals surface area (Å²) in [5, 5.41) is 8.85. The van der Waals surface area contributed by atoms with E-state index in [-0.39, 0.29) is 29.5 Å². The molecule has 3 rings (SSSR count). The second-order valence-corrected chi connectivity index (χ2v) is 6.90. The van der Waals surface area contributed by atoms with Crippen molar-refractivity contribution < 1.29 is 14.3 Å². The maximum Gasteiger partial charge on any atom is 0.303 e. The number of carboxylic acid groups (broad SMARTS) is 1. The number of allylic oxidation sites excluding steroid dienone is 4. The molecule has 2 heterocycles. The van der Waals surface area contributed by atoms with Gasteiger partial charge in [0.15, 0.2) is 0 Å². The van der Waals surface area contributed by atoms with Gasteiger partial charge >= 0.3 is 5.97 Å². The number of hydrogen-bond donors (Lipinski definition) is 1. The zero-order chi connectivity index (χ0) is 15.9. The van der Waals surface area contributed by atoms with Gasteiger partial charge in [0.25, 0.3) is 0 Å². The van der Waals surface area contributed by atoms with E-state index in [2.05, 4.69) is 30.6 Å². The summed E-state index contributed by atoms with van der Waals surface area (Å²) in [4.78, 5) is 10.8. The van der Waals surface area contributed by atoms with E-state index in [4.69, 9.17) is 5.11 Å². The standard InChI is InChI=1S/C18H22FNO2/c1-18(2)10-3-4-14(19)17(18)13-9-11-20-12(5-7-15(13)20)6-8-16(21)22/h3-5,7,10,13,17H,6,8-9,11H2,1-2H3,(H,21,22). The van der Waals surface area contributed by atoms with Crippen molar-refractivity contribution in [3.63, 3.8) is 0 Å². The Morgan fingerprint density at radius 3 is 2.91 bits per heavy atom. The number of aliphatic carboxylic acids is 1. The number of aromatic nitrogens is 1. The van der Waals surface area contributed by atoms with Crippen molar-refractivity contribution >= 4 is 5.97 Å². The number of carboxylic acids is 1. The Bertz CT molecular complexity index is 654. The summed E-state index contributed by atoms with van der Waals surface area (Å²) in [6.45, 7) is 5.01. The molecule has 0 spiro atoms. The highest BCUT2D eigenvalue weighted by molar-refractivity contribution is 5.67. The van der Waals surface area contributed by atoms with E-state index >= 15 is 0 Å². The lowest BCUT2D eigenvalue weighted by molar-refractivity contribution is -0.136. The van der Waals surface area contributed by atoms with E-state index in [1.807, 2.05) is 6.07 Å². The predicted octanol–water partition coefficient (Wildman–Crippen LogP) is 4.06. The van der Waals surface area contributed by atoms with Crippen molar-refractivity contribution in [1.82, 2.24) is 4.57 Å². The highest BCUT2D eigenvalue weighted by Crippen LogP contribution is 2.50. The first kappa shape index (κ1) is 15.1. The largest absolute Gasteiger partial charge is 0.481 e. The lowest BCUT2D eigenvalue weighted by Gasteiger charge is -2.36. The van der Waals surface area contributed by atoms with Gasteiger partial charge in [0.2, 0.25) is 0 Å². The molecule has 1 aliphatic heterocycles. The third kappa shape index (κ3) is 2.51.